The Balaban J connectivity index is 3.03. The summed E-state index contributed by atoms with van der Waals surface area (Å²) in [5.41, 5.74) is 3.45. The van der Waals surface area contributed by atoms with Gasteiger partial charge in [-0.25, -0.2) is 4.79 Å². The Hall–Kier alpha value is -1.20. The van der Waals surface area contributed by atoms with Gasteiger partial charge in [-0.1, -0.05) is 6.07 Å². The minimum absolute atomic E-state index is 0.340. The van der Waals surface area contributed by atoms with Gasteiger partial charge < -0.3 is 10.2 Å². The van der Waals surface area contributed by atoms with Crippen molar-refractivity contribution in [1.29, 1.82) is 0 Å². The molecule has 5 heteroatoms. The zero-order valence-electron chi connectivity index (χ0n) is 7.78. The Labute approximate surface area is 87.8 Å². The molecule has 0 aliphatic heterocycles. The van der Waals surface area contributed by atoms with E-state index < -0.39 is 5.97 Å². The van der Waals surface area contributed by atoms with Gasteiger partial charge in [0.25, 0.3) is 0 Å². The molecule has 1 aromatic rings. The van der Waals surface area contributed by atoms with Gasteiger partial charge in [0.2, 0.25) is 0 Å². The van der Waals surface area contributed by atoms with Crippen molar-refractivity contribution in [2.75, 3.05) is 12.0 Å². The molecule has 0 saturated heterocycles. The van der Waals surface area contributed by atoms with Crippen LogP contribution in [0.2, 0.25) is 0 Å². The number of thiol groups is 1. The molecule has 1 aromatic carbocycles. The van der Waals surface area contributed by atoms with Gasteiger partial charge in [0.15, 0.2) is 0 Å². The van der Waals surface area contributed by atoms with E-state index in [0.29, 0.717) is 22.8 Å². The summed E-state index contributed by atoms with van der Waals surface area (Å²) in [4.78, 5) is 11.9. The number of nitrogen functional groups attached to an aromatic ring is 1. The van der Waals surface area contributed by atoms with Gasteiger partial charge in [-0.2, -0.15) is 0 Å². The minimum atomic E-state index is -0.394. The summed E-state index contributed by atoms with van der Waals surface area (Å²) in [7, 11) is 0. The maximum Gasteiger partial charge on any atom is 0.339 e. The molecule has 0 aliphatic rings. The lowest BCUT2D eigenvalue weighted by Gasteiger charge is -2.08. The molecule has 76 valence electrons. The predicted octanol–water partition coefficient (Wildman–Crippen LogP) is 1.44. The number of carbonyl (C=O) groups excluding carboxylic acids is 1. The summed E-state index contributed by atoms with van der Waals surface area (Å²) in [6.45, 7) is 2.09. The van der Waals surface area contributed by atoms with E-state index in [-0.39, 0.29) is 0 Å². The smallest absolute Gasteiger partial charge is 0.339 e. The van der Waals surface area contributed by atoms with Crippen LogP contribution < -0.4 is 11.3 Å². The lowest BCUT2D eigenvalue weighted by Crippen LogP contribution is -2.11. The SMILES string of the molecule is CCOC(=O)c1cccc(NN)c1S. The summed E-state index contributed by atoms with van der Waals surface area (Å²) in [6, 6.07) is 5.08. The monoisotopic (exact) mass is 212 g/mol. The fourth-order valence-electron chi connectivity index (χ4n) is 1.03. The lowest BCUT2D eigenvalue weighted by atomic mass is 10.2. The number of rotatable bonds is 3. The highest BCUT2D eigenvalue weighted by Crippen LogP contribution is 2.23. The third-order valence-corrected chi connectivity index (χ3v) is 2.17. The Kier molecular flexibility index (Phi) is 3.79. The molecule has 0 unspecified atom stereocenters. The molecule has 0 spiro atoms. The molecular weight excluding hydrogens is 200 g/mol. The number of nitrogens with one attached hydrogen (secondary N) is 1. The summed E-state index contributed by atoms with van der Waals surface area (Å²) in [5.74, 6) is 4.85. The molecule has 4 nitrogen and oxygen atoms in total. The first-order valence-corrected chi connectivity index (χ1v) is 4.61. The maximum absolute atomic E-state index is 11.4. The van der Waals surface area contributed by atoms with E-state index in [1.807, 2.05) is 0 Å². The third-order valence-electron chi connectivity index (χ3n) is 1.69. The Morgan fingerprint density at radius 2 is 2.36 bits per heavy atom. The van der Waals surface area contributed by atoms with Crippen LogP contribution in [0.1, 0.15) is 17.3 Å². The molecule has 0 heterocycles. The first kappa shape index (κ1) is 10.9. The molecule has 3 N–H and O–H groups in total. The Morgan fingerprint density at radius 1 is 1.64 bits per heavy atom. The molecule has 0 fully saturated rings. The average Bonchev–Trinajstić information content (AvgIpc) is 2.18. The highest BCUT2D eigenvalue weighted by molar-refractivity contribution is 7.80. The summed E-state index contributed by atoms with van der Waals surface area (Å²) < 4.78 is 4.85. The normalized spacial score (nSPS) is 9.64. The van der Waals surface area contributed by atoms with Crippen LogP contribution in [-0.2, 0) is 4.74 Å². The number of benzene rings is 1. The van der Waals surface area contributed by atoms with Crippen molar-refractivity contribution >= 4 is 24.3 Å². The van der Waals surface area contributed by atoms with Crippen molar-refractivity contribution in [2.45, 2.75) is 11.8 Å². The highest BCUT2D eigenvalue weighted by atomic mass is 32.1. The first-order valence-electron chi connectivity index (χ1n) is 4.16. The molecule has 0 atom stereocenters. The molecule has 14 heavy (non-hydrogen) atoms. The Bertz CT molecular complexity index is 342. The number of nitrogens with two attached hydrogens (primary N) is 1. The van der Waals surface area contributed by atoms with Crippen LogP contribution >= 0.6 is 12.6 Å². The molecular formula is C9H12N2O2S. The van der Waals surface area contributed by atoms with Crippen LogP contribution in [0, 0.1) is 0 Å². The van der Waals surface area contributed by atoms with Gasteiger partial charge in [-0.05, 0) is 19.1 Å². The molecule has 0 saturated carbocycles. The van der Waals surface area contributed by atoms with E-state index in [9.17, 15) is 4.79 Å². The van der Waals surface area contributed by atoms with Crippen molar-refractivity contribution in [3.63, 3.8) is 0 Å². The number of hydrazine groups is 1. The molecule has 1 rings (SSSR count). The van der Waals surface area contributed by atoms with Crippen LogP contribution in [0.5, 0.6) is 0 Å². The van der Waals surface area contributed by atoms with Crippen molar-refractivity contribution in [3.05, 3.63) is 23.8 Å². The fraction of sp³-hybridized carbons (Fsp3) is 0.222. The van der Waals surface area contributed by atoms with Crippen molar-refractivity contribution in [2.24, 2.45) is 5.84 Å². The topological polar surface area (TPSA) is 64.3 Å². The van der Waals surface area contributed by atoms with Crippen LogP contribution in [0.25, 0.3) is 0 Å². The average molecular weight is 212 g/mol. The van der Waals surface area contributed by atoms with Gasteiger partial charge >= 0.3 is 5.97 Å². The van der Waals surface area contributed by atoms with E-state index in [0.717, 1.165) is 0 Å². The second-order valence-electron chi connectivity index (χ2n) is 2.57. The van der Waals surface area contributed by atoms with Gasteiger partial charge in [0.1, 0.15) is 0 Å². The molecule has 0 aromatic heterocycles. The number of carbonyl (C=O) groups is 1. The maximum atomic E-state index is 11.4. The summed E-state index contributed by atoms with van der Waals surface area (Å²) >= 11 is 4.18. The number of hydrogen-bond acceptors (Lipinski definition) is 5. The molecule has 0 aliphatic carbocycles. The van der Waals surface area contributed by atoms with Crippen molar-refractivity contribution in [1.82, 2.24) is 0 Å². The molecule has 0 radical (unpaired) electrons. The van der Waals surface area contributed by atoms with E-state index in [2.05, 4.69) is 18.1 Å². The zero-order chi connectivity index (χ0) is 10.6. The number of ether oxygens (including phenoxy) is 1. The number of anilines is 1. The highest BCUT2D eigenvalue weighted by Gasteiger charge is 2.12. The summed E-state index contributed by atoms with van der Waals surface area (Å²) in [6.07, 6.45) is 0. The van der Waals surface area contributed by atoms with Crippen LogP contribution in [0.3, 0.4) is 0 Å². The third kappa shape index (κ3) is 2.18. The first-order chi connectivity index (χ1) is 6.70. The fourth-order valence-corrected chi connectivity index (χ4v) is 1.34. The zero-order valence-corrected chi connectivity index (χ0v) is 8.67. The van der Waals surface area contributed by atoms with E-state index in [1.54, 1.807) is 25.1 Å². The quantitative estimate of drug-likeness (QED) is 0.307. The van der Waals surface area contributed by atoms with E-state index in [1.165, 1.54) is 0 Å². The van der Waals surface area contributed by atoms with Crippen LogP contribution in [0.15, 0.2) is 23.1 Å². The van der Waals surface area contributed by atoms with Crippen LogP contribution in [0.4, 0.5) is 5.69 Å². The molecule has 0 amide bonds. The second kappa shape index (κ2) is 4.88. The molecule has 0 bridgehead atoms. The van der Waals surface area contributed by atoms with E-state index in [4.69, 9.17) is 10.6 Å². The number of esters is 1. The largest absolute Gasteiger partial charge is 0.462 e. The lowest BCUT2D eigenvalue weighted by molar-refractivity contribution is 0.0522. The van der Waals surface area contributed by atoms with Crippen LogP contribution in [-0.4, -0.2) is 12.6 Å². The van der Waals surface area contributed by atoms with Gasteiger partial charge in [0, 0.05) is 4.90 Å². The van der Waals surface area contributed by atoms with Gasteiger partial charge in [-0.3, -0.25) is 5.84 Å². The predicted molar refractivity (Wildman–Crippen MR) is 57.5 cm³/mol. The van der Waals surface area contributed by atoms with Gasteiger partial charge in [0.05, 0.1) is 17.9 Å². The van der Waals surface area contributed by atoms with Gasteiger partial charge in [-0.15, -0.1) is 12.6 Å². The Morgan fingerprint density at radius 3 is 2.93 bits per heavy atom. The standard InChI is InChI=1S/C9H12N2O2S/c1-2-13-9(12)6-4-3-5-7(11-10)8(6)14/h3-5,11,14H,2,10H2,1H3. The second-order valence-corrected chi connectivity index (χ2v) is 3.01. The minimum Gasteiger partial charge on any atom is -0.462 e. The summed E-state index contributed by atoms with van der Waals surface area (Å²) in [5, 5.41) is 0. The number of hydrogen-bond donors (Lipinski definition) is 3. The van der Waals surface area contributed by atoms with E-state index >= 15 is 0 Å². The van der Waals surface area contributed by atoms with Crippen molar-refractivity contribution < 1.29 is 9.53 Å². The van der Waals surface area contributed by atoms with Crippen molar-refractivity contribution in [3.8, 4) is 0 Å².